The molecular weight excluding hydrogens is 475 g/mol. The van der Waals surface area contributed by atoms with Crippen LogP contribution in [0.3, 0.4) is 0 Å². The minimum absolute atomic E-state index is 0.153. The number of aryl methyl sites for hydroxylation is 2. The fourth-order valence-corrected chi connectivity index (χ4v) is 4.52. The Morgan fingerprint density at radius 1 is 0.500 bits per heavy atom. The summed E-state index contributed by atoms with van der Waals surface area (Å²) in [6, 6.07) is 17.1. The minimum atomic E-state index is -0.461. The van der Waals surface area contributed by atoms with Gasteiger partial charge < -0.3 is 0 Å². The van der Waals surface area contributed by atoms with Gasteiger partial charge in [-0.1, -0.05) is 47.5 Å². The zero-order chi connectivity index (χ0) is 24.0. The minimum Gasteiger partial charge on any atom is -0.274 e. The maximum absolute atomic E-state index is 13.0. The molecule has 0 amide bonds. The average molecular weight is 493 g/mol. The number of aromatic nitrogens is 2. The molecular formula is C26H18Cl2N2O4. The Kier molecular flexibility index (Phi) is 5.71. The maximum atomic E-state index is 13.0. The highest BCUT2D eigenvalue weighted by atomic mass is 35.5. The lowest BCUT2D eigenvalue weighted by molar-refractivity contribution is 0.664. The molecule has 0 saturated heterocycles. The van der Waals surface area contributed by atoms with Gasteiger partial charge in [0.1, 0.15) is 0 Å². The largest absolute Gasteiger partial charge is 0.274 e. The average Bonchev–Trinajstić information content (AvgIpc) is 3.21. The van der Waals surface area contributed by atoms with Crippen molar-refractivity contribution in [2.24, 2.45) is 0 Å². The van der Waals surface area contributed by atoms with Crippen LogP contribution < -0.4 is 22.2 Å². The molecule has 0 N–H and O–H groups in total. The van der Waals surface area contributed by atoms with Gasteiger partial charge in [-0.3, -0.25) is 28.3 Å². The molecule has 0 fully saturated rings. The van der Waals surface area contributed by atoms with Crippen molar-refractivity contribution >= 4 is 44.7 Å². The van der Waals surface area contributed by atoms with Gasteiger partial charge in [0.2, 0.25) is 0 Å². The van der Waals surface area contributed by atoms with Crippen molar-refractivity contribution < 1.29 is 0 Å². The second-order valence-corrected chi connectivity index (χ2v) is 9.09. The van der Waals surface area contributed by atoms with E-state index in [1.54, 1.807) is 24.3 Å². The summed E-state index contributed by atoms with van der Waals surface area (Å²) in [7, 11) is 0. The lowest BCUT2D eigenvalue weighted by Gasteiger charge is -2.02. The number of rotatable bonds is 6. The van der Waals surface area contributed by atoms with Gasteiger partial charge in [-0.25, -0.2) is 0 Å². The van der Waals surface area contributed by atoms with Crippen LogP contribution in [-0.4, -0.2) is 9.13 Å². The Hall–Kier alpha value is -3.48. The van der Waals surface area contributed by atoms with E-state index in [1.807, 2.05) is 24.3 Å². The number of benzene rings is 3. The zero-order valence-corrected chi connectivity index (χ0v) is 19.4. The van der Waals surface area contributed by atoms with E-state index in [0.29, 0.717) is 22.9 Å². The van der Waals surface area contributed by atoms with E-state index in [0.717, 1.165) is 20.3 Å². The van der Waals surface area contributed by atoms with Crippen LogP contribution in [-0.2, 0) is 25.9 Å². The quantitative estimate of drug-likeness (QED) is 0.362. The molecule has 0 bridgehead atoms. The molecule has 6 nitrogen and oxygen atoms in total. The summed E-state index contributed by atoms with van der Waals surface area (Å²) in [5.41, 5.74) is 0.0248. The Morgan fingerprint density at radius 2 is 0.794 bits per heavy atom. The molecule has 0 spiro atoms. The molecule has 34 heavy (non-hydrogen) atoms. The first-order chi connectivity index (χ1) is 16.3. The van der Waals surface area contributed by atoms with Crippen LogP contribution >= 0.6 is 23.2 Å². The van der Waals surface area contributed by atoms with Crippen LogP contribution in [0.2, 0.25) is 10.0 Å². The maximum Gasteiger partial charge on any atom is 0.261 e. The molecule has 0 radical (unpaired) electrons. The molecule has 5 rings (SSSR count). The van der Waals surface area contributed by atoms with Crippen molar-refractivity contribution in [3.8, 4) is 0 Å². The van der Waals surface area contributed by atoms with Gasteiger partial charge in [-0.2, -0.15) is 0 Å². The van der Waals surface area contributed by atoms with Gasteiger partial charge in [0.15, 0.2) is 0 Å². The Balaban J connectivity index is 1.50. The predicted molar refractivity (Wildman–Crippen MR) is 135 cm³/mol. The first-order valence-corrected chi connectivity index (χ1v) is 11.5. The fraction of sp³-hybridized carbons (Fsp3) is 0.154. The number of fused-ring (bicyclic) bond motifs is 2. The zero-order valence-electron chi connectivity index (χ0n) is 17.9. The number of hydrogen-bond donors (Lipinski definition) is 0. The monoisotopic (exact) mass is 492 g/mol. The van der Waals surface area contributed by atoms with Crippen LogP contribution in [0.1, 0.15) is 11.1 Å². The van der Waals surface area contributed by atoms with Gasteiger partial charge in [0.05, 0.1) is 21.5 Å². The van der Waals surface area contributed by atoms with Crippen LogP contribution in [0.15, 0.2) is 79.8 Å². The van der Waals surface area contributed by atoms with Crippen molar-refractivity contribution in [3.63, 3.8) is 0 Å². The lowest BCUT2D eigenvalue weighted by atomic mass is 10.1. The van der Waals surface area contributed by atoms with Crippen LogP contribution in [0.4, 0.5) is 0 Å². The summed E-state index contributed by atoms with van der Waals surface area (Å²) in [6.07, 6.45) is 0.942. The molecule has 3 aromatic carbocycles. The molecule has 0 aliphatic carbocycles. The van der Waals surface area contributed by atoms with Crippen molar-refractivity contribution in [2.75, 3.05) is 0 Å². The van der Waals surface area contributed by atoms with E-state index < -0.39 is 22.2 Å². The highest BCUT2D eigenvalue weighted by molar-refractivity contribution is 6.30. The Labute approximate surface area is 202 Å². The smallest absolute Gasteiger partial charge is 0.261 e. The van der Waals surface area contributed by atoms with Crippen LogP contribution in [0, 0.1) is 0 Å². The van der Waals surface area contributed by atoms with Crippen molar-refractivity contribution in [3.05, 3.63) is 123 Å². The summed E-state index contributed by atoms with van der Waals surface area (Å²) in [5.74, 6) is 0. The number of halogens is 2. The predicted octanol–water partition coefficient (Wildman–Crippen LogP) is 3.70. The third-order valence-corrected chi connectivity index (χ3v) is 6.64. The second-order valence-electron chi connectivity index (χ2n) is 8.22. The van der Waals surface area contributed by atoms with Crippen molar-refractivity contribution in [1.29, 1.82) is 0 Å². The molecule has 2 aromatic heterocycles. The second kappa shape index (κ2) is 8.70. The van der Waals surface area contributed by atoms with Gasteiger partial charge in [-0.05, 0) is 60.4 Å². The molecule has 8 heteroatoms. The van der Waals surface area contributed by atoms with E-state index in [1.165, 1.54) is 12.1 Å². The topological polar surface area (TPSA) is 78.1 Å². The highest BCUT2D eigenvalue weighted by Gasteiger charge is 2.19. The van der Waals surface area contributed by atoms with E-state index in [4.69, 9.17) is 23.2 Å². The van der Waals surface area contributed by atoms with Crippen LogP contribution in [0.25, 0.3) is 21.5 Å². The summed E-state index contributed by atoms with van der Waals surface area (Å²) in [6.45, 7) is 0.376. The molecule has 0 saturated carbocycles. The normalized spacial score (nSPS) is 11.6. The first-order valence-electron chi connectivity index (χ1n) is 10.7. The third-order valence-electron chi connectivity index (χ3n) is 6.13. The van der Waals surface area contributed by atoms with Crippen molar-refractivity contribution in [2.45, 2.75) is 25.9 Å². The van der Waals surface area contributed by atoms with Gasteiger partial charge in [-0.15, -0.1) is 0 Å². The Morgan fingerprint density at radius 3 is 1.09 bits per heavy atom. The van der Waals surface area contributed by atoms with Gasteiger partial charge >= 0.3 is 0 Å². The molecule has 170 valence electrons. The number of nitrogens with zero attached hydrogens (tertiary/aromatic N) is 2. The van der Waals surface area contributed by atoms with Gasteiger partial charge in [0.25, 0.3) is 22.2 Å². The lowest BCUT2D eigenvalue weighted by Crippen LogP contribution is -2.27. The third kappa shape index (κ3) is 3.89. The molecule has 0 atom stereocenters. The molecule has 0 aliphatic heterocycles. The van der Waals surface area contributed by atoms with E-state index >= 15 is 0 Å². The highest BCUT2D eigenvalue weighted by Crippen LogP contribution is 2.16. The van der Waals surface area contributed by atoms with E-state index in [9.17, 15) is 19.2 Å². The summed E-state index contributed by atoms with van der Waals surface area (Å²) in [5, 5.41) is 1.83. The van der Waals surface area contributed by atoms with Crippen LogP contribution in [0.5, 0.6) is 0 Å². The summed E-state index contributed by atoms with van der Waals surface area (Å²) >= 11 is 11.8. The molecule has 0 aliphatic rings. The first kappa shape index (κ1) is 22.3. The van der Waals surface area contributed by atoms with Crippen molar-refractivity contribution in [1.82, 2.24) is 9.13 Å². The molecule has 5 aromatic rings. The van der Waals surface area contributed by atoms with E-state index in [-0.39, 0.29) is 34.6 Å². The van der Waals surface area contributed by atoms with Gasteiger partial charge in [0, 0.05) is 23.1 Å². The SMILES string of the molecule is O=c1c2cc3c(=O)n(CCc4ccc(Cl)cc4)c(=O)c3cc2c(=O)n1CCc1ccc(Cl)cc1. The fourth-order valence-electron chi connectivity index (χ4n) is 4.26. The number of hydrogen-bond acceptors (Lipinski definition) is 4. The molecule has 0 unspecified atom stereocenters. The molecule has 2 heterocycles. The summed E-state index contributed by atoms with van der Waals surface area (Å²) in [4.78, 5) is 51.8. The summed E-state index contributed by atoms with van der Waals surface area (Å²) < 4.78 is 2.31. The van der Waals surface area contributed by atoms with E-state index in [2.05, 4.69) is 0 Å². The Bertz CT molecular complexity index is 1530. The standard InChI is InChI=1S/C26H18Cl2N2O4/c27-17-5-1-15(2-6-17)9-11-29-23(31)19-13-21-22(14-20(19)24(29)32)26(34)30(25(21)33)12-10-16-3-7-18(28)8-4-16/h1-8,13-14H,9-12H2.